The van der Waals surface area contributed by atoms with E-state index in [4.69, 9.17) is 9.47 Å². The van der Waals surface area contributed by atoms with Crippen molar-refractivity contribution in [3.8, 4) is 0 Å². The molecule has 20 heavy (non-hydrogen) atoms. The van der Waals surface area contributed by atoms with E-state index in [-0.39, 0.29) is 30.5 Å². The lowest BCUT2D eigenvalue weighted by atomic mass is 9.58. The molecule has 7 atom stereocenters. The minimum atomic E-state index is -1.21. The molecule has 2 unspecified atom stereocenters. The Balaban J connectivity index is 1.86. The van der Waals surface area contributed by atoms with Crippen molar-refractivity contribution < 1.29 is 24.5 Å². The lowest BCUT2D eigenvalue weighted by Crippen LogP contribution is -2.66. The van der Waals surface area contributed by atoms with Gasteiger partial charge in [-0.3, -0.25) is 4.79 Å². The number of rotatable bonds is 1. The largest absolute Gasteiger partial charge is 0.396 e. The van der Waals surface area contributed by atoms with E-state index in [1.807, 2.05) is 6.92 Å². The molecule has 2 heterocycles. The van der Waals surface area contributed by atoms with Crippen LogP contribution in [0.1, 0.15) is 26.7 Å². The predicted molar refractivity (Wildman–Crippen MR) is 69.0 cm³/mol. The number of aliphatic hydroxyl groups is 2. The quantitative estimate of drug-likeness (QED) is 0.670. The number of ketones is 1. The van der Waals surface area contributed by atoms with Crippen molar-refractivity contribution in [2.24, 2.45) is 11.3 Å². The summed E-state index contributed by atoms with van der Waals surface area (Å²) in [5.41, 5.74) is -0.833. The number of carbonyl (C=O) groups excluding carboxylic acids is 1. The number of hydrogen-bond donors (Lipinski definition) is 2. The minimum absolute atomic E-state index is 0.0108. The number of Topliss-reactive ketones (excluding diaryl/α,β-unsaturated/α-hetero) is 1. The summed E-state index contributed by atoms with van der Waals surface area (Å²) >= 11 is 0. The van der Waals surface area contributed by atoms with Crippen LogP contribution < -0.4 is 0 Å². The number of carbonyl (C=O) groups is 1. The molecule has 0 aromatic rings. The Bertz CT molecular complexity index is 514. The Hall–Kier alpha value is -0.750. The number of hydrogen-bond acceptors (Lipinski definition) is 5. The first-order valence-electron chi connectivity index (χ1n) is 7.33. The van der Waals surface area contributed by atoms with Crippen LogP contribution in [-0.4, -0.2) is 52.6 Å². The Morgan fingerprint density at radius 2 is 2.15 bits per heavy atom. The van der Waals surface area contributed by atoms with Crippen LogP contribution in [0.5, 0.6) is 0 Å². The van der Waals surface area contributed by atoms with Crippen molar-refractivity contribution in [1.29, 1.82) is 0 Å². The van der Waals surface area contributed by atoms with Crippen LogP contribution in [0.4, 0.5) is 0 Å². The van der Waals surface area contributed by atoms with Crippen LogP contribution in [0.2, 0.25) is 0 Å². The molecule has 2 saturated heterocycles. The van der Waals surface area contributed by atoms with E-state index in [1.165, 1.54) is 0 Å². The minimum Gasteiger partial charge on any atom is -0.396 e. The molecular formula is C15H20O5. The fraction of sp³-hybridized carbons (Fsp3) is 0.800. The first-order valence-corrected chi connectivity index (χ1v) is 7.33. The summed E-state index contributed by atoms with van der Waals surface area (Å²) in [7, 11) is 0. The molecular weight excluding hydrogens is 260 g/mol. The van der Waals surface area contributed by atoms with E-state index in [2.05, 4.69) is 0 Å². The highest BCUT2D eigenvalue weighted by molar-refractivity contribution is 6.00. The molecule has 1 saturated carbocycles. The maximum atomic E-state index is 12.2. The Kier molecular flexibility index (Phi) is 2.40. The van der Waals surface area contributed by atoms with E-state index in [0.29, 0.717) is 5.57 Å². The van der Waals surface area contributed by atoms with Crippen LogP contribution in [0.3, 0.4) is 0 Å². The second kappa shape index (κ2) is 3.71. The molecule has 2 bridgehead atoms. The number of fused-ring (bicyclic) bond motifs is 2. The SMILES string of the molecule is CC1=C[C@H]2O[C@@H]3CC[C@H](C2(CO)C(O)C1=O)[C@@]31O[C@@H]1C. The standard InChI is InChI=1S/C15H20O5/c1-7-5-11-14(6-16,13(18)12(7)17)9-3-4-10(19-11)15(9)8(2)20-15/h5,8-11,13,16,18H,3-4,6H2,1-2H3/t8-,9-,10-,11-,13?,14?,15-/m1/s1. The molecule has 110 valence electrons. The monoisotopic (exact) mass is 280 g/mol. The van der Waals surface area contributed by atoms with Crippen LogP contribution in [0.15, 0.2) is 11.6 Å². The van der Waals surface area contributed by atoms with Gasteiger partial charge in [0.1, 0.15) is 11.7 Å². The lowest BCUT2D eigenvalue weighted by Gasteiger charge is -2.52. The Morgan fingerprint density at radius 3 is 2.75 bits per heavy atom. The van der Waals surface area contributed by atoms with Crippen molar-refractivity contribution in [2.45, 2.75) is 56.7 Å². The highest BCUT2D eigenvalue weighted by atomic mass is 16.6. The second-order valence-electron chi connectivity index (χ2n) is 6.68. The molecule has 2 N–H and O–H groups in total. The van der Waals surface area contributed by atoms with Gasteiger partial charge >= 0.3 is 0 Å². The van der Waals surface area contributed by atoms with E-state index in [1.54, 1.807) is 13.0 Å². The summed E-state index contributed by atoms with van der Waals surface area (Å²) in [4.78, 5) is 12.2. The van der Waals surface area contributed by atoms with Crippen molar-refractivity contribution in [2.75, 3.05) is 6.61 Å². The highest BCUT2D eigenvalue weighted by Crippen LogP contribution is 2.66. The molecule has 0 radical (unpaired) electrons. The molecule has 2 aliphatic heterocycles. The molecule has 4 rings (SSSR count). The highest BCUT2D eigenvalue weighted by Gasteiger charge is 2.77. The first-order chi connectivity index (χ1) is 9.48. The fourth-order valence-electron chi connectivity index (χ4n) is 4.93. The smallest absolute Gasteiger partial charge is 0.187 e. The van der Waals surface area contributed by atoms with Crippen molar-refractivity contribution >= 4 is 5.78 Å². The van der Waals surface area contributed by atoms with Gasteiger partial charge in [-0.25, -0.2) is 0 Å². The third kappa shape index (κ3) is 1.18. The molecule has 2 aliphatic carbocycles. The van der Waals surface area contributed by atoms with Crippen LogP contribution in [0, 0.1) is 11.3 Å². The third-order valence-corrected chi connectivity index (χ3v) is 6.04. The zero-order chi connectivity index (χ0) is 14.3. The van der Waals surface area contributed by atoms with Crippen molar-refractivity contribution in [3.05, 3.63) is 11.6 Å². The van der Waals surface area contributed by atoms with Gasteiger partial charge in [-0.05, 0) is 38.3 Å². The van der Waals surface area contributed by atoms with Gasteiger partial charge in [0.15, 0.2) is 5.78 Å². The van der Waals surface area contributed by atoms with Crippen LogP contribution in [-0.2, 0) is 14.3 Å². The molecule has 0 aromatic carbocycles. The van der Waals surface area contributed by atoms with E-state index < -0.39 is 23.2 Å². The van der Waals surface area contributed by atoms with E-state index in [9.17, 15) is 15.0 Å². The average Bonchev–Trinajstić information content (AvgIpc) is 3.00. The molecule has 4 aliphatic rings. The van der Waals surface area contributed by atoms with Gasteiger partial charge in [-0.2, -0.15) is 0 Å². The molecule has 0 amide bonds. The van der Waals surface area contributed by atoms with E-state index >= 15 is 0 Å². The summed E-state index contributed by atoms with van der Waals surface area (Å²) < 4.78 is 12.0. The topological polar surface area (TPSA) is 79.3 Å². The number of aliphatic hydroxyl groups excluding tert-OH is 2. The summed E-state index contributed by atoms with van der Waals surface area (Å²) in [6.45, 7) is 3.43. The van der Waals surface area contributed by atoms with Gasteiger partial charge in [-0.15, -0.1) is 0 Å². The molecule has 1 spiro atoms. The summed E-state index contributed by atoms with van der Waals surface area (Å²) in [6, 6.07) is 0. The maximum Gasteiger partial charge on any atom is 0.187 e. The summed E-state index contributed by atoms with van der Waals surface area (Å²) in [6.07, 6.45) is 1.93. The Morgan fingerprint density at radius 1 is 1.45 bits per heavy atom. The van der Waals surface area contributed by atoms with Gasteiger partial charge in [0, 0.05) is 5.92 Å². The normalized spacial score (nSPS) is 56.7. The number of ether oxygens (including phenoxy) is 2. The van der Waals surface area contributed by atoms with Gasteiger partial charge in [-0.1, -0.05) is 0 Å². The van der Waals surface area contributed by atoms with Crippen molar-refractivity contribution in [1.82, 2.24) is 0 Å². The maximum absolute atomic E-state index is 12.2. The molecule has 0 aromatic heterocycles. The Labute approximate surface area is 117 Å². The van der Waals surface area contributed by atoms with Crippen LogP contribution in [0.25, 0.3) is 0 Å². The molecule has 5 nitrogen and oxygen atoms in total. The third-order valence-electron chi connectivity index (χ3n) is 6.04. The molecule has 3 fully saturated rings. The van der Waals surface area contributed by atoms with E-state index in [0.717, 1.165) is 12.8 Å². The predicted octanol–water partition coefficient (Wildman–Crippen LogP) is 0.190. The second-order valence-corrected chi connectivity index (χ2v) is 6.68. The van der Waals surface area contributed by atoms with Crippen LogP contribution >= 0.6 is 0 Å². The number of epoxide rings is 1. The zero-order valence-corrected chi connectivity index (χ0v) is 11.7. The fourth-order valence-corrected chi connectivity index (χ4v) is 4.93. The first kappa shape index (κ1) is 13.0. The summed E-state index contributed by atoms with van der Waals surface area (Å²) in [5.74, 6) is -0.324. The van der Waals surface area contributed by atoms with Crippen molar-refractivity contribution in [3.63, 3.8) is 0 Å². The van der Waals surface area contributed by atoms with Gasteiger partial charge in [0.2, 0.25) is 0 Å². The van der Waals surface area contributed by atoms with Gasteiger partial charge < -0.3 is 19.7 Å². The summed E-state index contributed by atoms with van der Waals surface area (Å²) in [5, 5.41) is 20.6. The average molecular weight is 280 g/mol. The van der Waals surface area contributed by atoms with Gasteiger partial charge in [0.25, 0.3) is 0 Å². The van der Waals surface area contributed by atoms with Gasteiger partial charge in [0.05, 0.1) is 30.3 Å². The molecule has 5 heteroatoms. The zero-order valence-electron chi connectivity index (χ0n) is 11.7. The lowest BCUT2D eigenvalue weighted by molar-refractivity contribution is -0.209.